The number of thioether (sulfide) groups is 1. The lowest BCUT2D eigenvalue weighted by Crippen LogP contribution is -2.26. The van der Waals surface area contributed by atoms with Gasteiger partial charge in [0.05, 0.1) is 28.8 Å². The minimum atomic E-state index is -0.478. The number of ether oxygens (including phenoxy) is 1. The summed E-state index contributed by atoms with van der Waals surface area (Å²) < 4.78 is 7.46. The molecule has 0 aliphatic heterocycles. The number of nitrogens with zero attached hydrogens (tertiary/aromatic N) is 3. The molecule has 0 spiro atoms. The van der Waals surface area contributed by atoms with E-state index in [-0.39, 0.29) is 37.0 Å². The summed E-state index contributed by atoms with van der Waals surface area (Å²) in [6, 6.07) is 3.88. The average molecular weight is 602 g/mol. The molecule has 12 heteroatoms. The van der Waals surface area contributed by atoms with Gasteiger partial charge in [-0.3, -0.25) is 9.59 Å². The van der Waals surface area contributed by atoms with Gasteiger partial charge in [-0.05, 0) is 69.4 Å². The Morgan fingerprint density at radius 2 is 1.95 bits per heavy atom. The maximum absolute atomic E-state index is 13.4. The highest BCUT2D eigenvalue weighted by Gasteiger charge is 2.30. The molecule has 2 N–H and O–H groups in total. The lowest BCUT2D eigenvalue weighted by atomic mass is 9.95. The molecule has 1 fully saturated rings. The van der Waals surface area contributed by atoms with Crippen molar-refractivity contribution in [1.82, 2.24) is 20.1 Å². The molecule has 9 nitrogen and oxygen atoms in total. The lowest BCUT2D eigenvalue weighted by Gasteiger charge is -2.26. The average Bonchev–Trinajstić information content (AvgIpc) is 3.71. The zero-order valence-electron chi connectivity index (χ0n) is 22.9. The van der Waals surface area contributed by atoms with Crippen LogP contribution < -0.4 is 10.6 Å². The summed E-state index contributed by atoms with van der Waals surface area (Å²) in [5.41, 5.74) is 1.54. The Labute approximate surface area is 246 Å². The third-order valence-corrected chi connectivity index (χ3v) is 10.5. The van der Waals surface area contributed by atoms with Gasteiger partial charge in [0.2, 0.25) is 5.91 Å². The van der Waals surface area contributed by atoms with E-state index < -0.39 is 5.25 Å². The molecule has 0 saturated heterocycles. The van der Waals surface area contributed by atoms with Crippen molar-refractivity contribution >= 4 is 57.2 Å². The molecule has 3 heterocycles. The predicted octanol–water partition coefficient (Wildman–Crippen LogP) is 6.01. The number of aryl methyl sites for hydroxylation is 1. The van der Waals surface area contributed by atoms with Crippen molar-refractivity contribution in [3.8, 4) is 0 Å². The van der Waals surface area contributed by atoms with Crippen LogP contribution in [0.2, 0.25) is 0 Å². The minimum Gasteiger partial charge on any atom is -0.462 e. The number of hydrogen-bond acceptors (Lipinski definition) is 9. The number of aromatic nitrogens is 3. The second kappa shape index (κ2) is 13.3. The fraction of sp³-hybridized carbons (Fsp3) is 0.536. The van der Waals surface area contributed by atoms with Crippen molar-refractivity contribution in [2.45, 2.75) is 94.6 Å². The van der Waals surface area contributed by atoms with Crippen LogP contribution in [0.25, 0.3) is 0 Å². The third kappa shape index (κ3) is 6.44. The van der Waals surface area contributed by atoms with Gasteiger partial charge in [0.25, 0.3) is 5.91 Å². The van der Waals surface area contributed by atoms with Crippen LogP contribution in [0.15, 0.2) is 22.7 Å². The van der Waals surface area contributed by atoms with Gasteiger partial charge in [0.15, 0.2) is 11.0 Å². The first-order chi connectivity index (χ1) is 19.5. The van der Waals surface area contributed by atoms with Gasteiger partial charge < -0.3 is 19.9 Å². The Balaban J connectivity index is 1.32. The highest BCUT2D eigenvalue weighted by Crippen LogP contribution is 2.39. The number of fused-ring (bicyclic) bond motifs is 1. The van der Waals surface area contributed by atoms with Crippen LogP contribution in [-0.2, 0) is 28.9 Å². The van der Waals surface area contributed by atoms with Crippen molar-refractivity contribution in [1.29, 1.82) is 0 Å². The largest absolute Gasteiger partial charge is 0.462 e. The van der Waals surface area contributed by atoms with E-state index in [1.54, 1.807) is 13.0 Å². The molecule has 0 radical (unpaired) electrons. The normalized spacial score (nSPS) is 16.2. The van der Waals surface area contributed by atoms with E-state index in [0.29, 0.717) is 26.4 Å². The van der Waals surface area contributed by atoms with E-state index in [0.717, 1.165) is 61.8 Å². The summed E-state index contributed by atoms with van der Waals surface area (Å²) in [6.45, 7) is 4.19. The Bertz CT molecular complexity index is 1340. The van der Waals surface area contributed by atoms with E-state index in [9.17, 15) is 14.4 Å². The van der Waals surface area contributed by atoms with E-state index in [2.05, 4.69) is 25.4 Å². The topological polar surface area (TPSA) is 115 Å². The molecule has 3 aromatic heterocycles. The van der Waals surface area contributed by atoms with Gasteiger partial charge in [-0.1, -0.05) is 37.1 Å². The molecule has 2 aliphatic carbocycles. The van der Waals surface area contributed by atoms with E-state index in [4.69, 9.17) is 4.74 Å². The quantitative estimate of drug-likeness (QED) is 0.216. The SMILES string of the molecule is CCOC(=O)c1c(NC(=O)[C@@H](C)Sc2nnc(CNC(=O)c3cccs3)n2C2CCCCC2)sc2c1CCCC2. The summed E-state index contributed by atoms with van der Waals surface area (Å²) in [5.74, 6) is -0.00249. The first-order valence-corrected chi connectivity index (χ1v) is 16.6. The maximum Gasteiger partial charge on any atom is 0.341 e. The molecule has 1 atom stereocenters. The molecular formula is C28H35N5O4S3. The van der Waals surface area contributed by atoms with Crippen LogP contribution in [0.3, 0.4) is 0 Å². The van der Waals surface area contributed by atoms with Crippen LogP contribution in [0, 0.1) is 0 Å². The number of hydrogen-bond donors (Lipinski definition) is 2. The zero-order chi connectivity index (χ0) is 28.1. The lowest BCUT2D eigenvalue weighted by molar-refractivity contribution is -0.115. The van der Waals surface area contributed by atoms with Crippen LogP contribution in [0.4, 0.5) is 5.00 Å². The van der Waals surface area contributed by atoms with Gasteiger partial charge in [-0.2, -0.15) is 0 Å². The highest BCUT2D eigenvalue weighted by molar-refractivity contribution is 8.00. The van der Waals surface area contributed by atoms with Crippen molar-refractivity contribution in [2.24, 2.45) is 0 Å². The van der Waals surface area contributed by atoms with Crippen LogP contribution in [0.1, 0.15) is 101 Å². The Hall–Kier alpha value is -2.70. The molecule has 0 aromatic carbocycles. The highest BCUT2D eigenvalue weighted by atomic mass is 32.2. The van der Waals surface area contributed by atoms with Gasteiger partial charge in [0, 0.05) is 10.9 Å². The van der Waals surface area contributed by atoms with Gasteiger partial charge >= 0.3 is 5.97 Å². The number of esters is 1. The van der Waals surface area contributed by atoms with Crippen molar-refractivity contribution < 1.29 is 19.1 Å². The first kappa shape index (κ1) is 28.8. The predicted molar refractivity (Wildman–Crippen MR) is 158 cm³/mol. The second-order valence-electron chi connectivity index (χ2n) is 10.1. The Kier molecular flexibility index (Phi) is 9.59. The summed E-state index contributed by atoms with van der Waals surface area (Å²) in [6.07, 6.45) is 9.36. The molecule has 3 aromatic rings. The standard InChI is InChI=1S/C28H35N5O4S3/c1-3-37-27(36)23-19-12-7-8-13-20(19)40-26(23)30-24(34)17(2)39-28-32-31-22(33(28)18-10-5-4-6-11-18)16-29-25(35)21-14-9-15-38-21/h9,14-15,17-18H,3-8,10-13,16H2,1-2H3,(H,29,35)(H,30,34)/t17-/m1/s1. The summed E-state index contributed by atoms with van der Waals surface area (Å²) in [4.78, 5) is 40.6. The van der Waals surface area contributed by atoms with Crippen LogP contribution in [-0.4, -0.2) is 44.4 Å². The van der Waals surface area contributed by atoms with E-state index in [1.807, 2.05) is 18.4 Å². The monoisotopic (exact) mass is 601 g/mol. The molecule has 214 valence electrons. The summed E-state index contributed by atoms with van der Waals surface area (Å²) in [7, 11) is 0. The Morgan fingerprint density at radius 3 is 2.70 bits per heavy atom. The number of carbonyl (C=O) groups is 3. The maximum atomic E-state index is 13.4. The van der Waals surface area contributed by atoms with Crippen molar-refractivity contribution in [3.63, 3.8) is 0 Å². The molecule has 2 amide bonds. The number of anilines is 1. The van der Waals surface area contributed by atoms with E-state index in [1.165, 1.54) is 40.9 Å². The number of amides is 2. The van der Waals surface area contributed by atoms with Gasteiger partial charge in [0.1, 0.15) is 5.00 Å². The second-order valence-corrected chi connectivity index (χ2v) is 13.5. The number of rotatable bonds is 10. The number of nitrogens with one attached hydrogen (secondary N) is 2. The van der Waals surface area contributed by atoms with E-state index >= 15 is 0 Å². The fourth-order valence-electron chi connectivity index (χ4n) is 5.37. The summed E-state index contributed by atoms with van der Waals surface area (Å²) >= 11 is 4.25. The molecule has 1 saturated carbocycles. The third-order valence-electron chi connectivity index (χ3n) is 7.37. The molecule has 2 aliphatic rings. The molecule has 0 unspecified atom stereocenters. The van der Waals surface area contributed by atoms with Gasteiger partial charge in [-0.15, -0.1) is 32.9 Å². The molecular weight excluding hydrogens is 567 g/mol. The zero-order valence-corrected chi connectivity index (χ0v) is 25.3. The summed E-state index contributed by atoms with van der Waals surface area (Å²) in [5, 5.41) is 17.5. The Morgan fingerprint density at radius 1 is 1.15 bits per heavy atom. The number of thiophene rings is 2. The molecule has 40 heavy (non-hydrogen) atoms. The number of carbonyl (C=O) groups excluding carboxylic acids is 3. The van der Waals surface area contributed by atoms with Crippen molar-refractivity contribution in [3.05, 3.63) is 44.2 Å². The molecule has 0 bridgehead atoms. The van der Waals surface area contributed by atoms with Crippen LogP contribution in [0.5, 0.6) is 0 Å². The smallest absolute Gasteiger partial charge is 0.341 e. The van der Waals surface area contributed by atoms with Crippen LogP contribution >= 0.6 is 34.4 Å². The van der Waals surface area contributed by atoms with Crippen molar-refractivity contribution in [2.75, 3.05) is 11.9 Å². The first-order valence-electron chi connectivity index (χ1n) is 14.0. The van der Waals surface area contributed by atoms with Gasteiger partial charge in [-0.25, -0.2) is 4.79 Å². The molecule has 5 rings (SSSR count). The fourth-order valence-corrected chi connectivity index (χ4v) is 8.23. The minimum absolute atomic E-state index is 0.133.